The van der Waals surface area contributed by atoms with E-state index in [1.807, 2.05) is 12.3 Å². The standard InChI is InChI=1S/C10H17NO2S/c1-8(13-2)3-4-9(12)7-10-11-5-6-14-10/h5-6,8-9,12H,3-4,7H2,1-2H3. The van der Waals surface area contributed by atoms with Gasteiger partial charge in [0.2, 0.25) is 0 Å². The molecular weight excluding hydrogens is 198 g/mol. The predicted octanol–water partition coefficient (Wildman–Crippen LogP) is 1.86. The normalized spacial score (nSPS) is 15.4. The number of rotatable bonds is 6. The van der Waals surface area contributed by atoms with E-state index in [1.165, 1.54) is 0 Å². The molecule has 1 N–H and O–H groups in total. The van der Waals surface area contributed by atoms with Crippen LogP contribution in [0.25, 0.3) is 0 Å². The van der Waals surface area contributed by atoms with Crippen LogP contribution in [0.2, 0.25) is 0 Å². The Morgan fingerprint density at radius 1 is 1.57 bits per heavy atom. The lowest BCUT2D eigenvalue weighted by Gasteiger charge is -2.12. The van der Waals surface area contributed by atoms with Gasteiger partial charge in [-0.2, -0.15) is 0 Å². The van der Waals surface area contributed by atoms with Crippen LogP contribution in [0.1, 0.15) is 24.8 Å². The first-order valence-electron chi connectivity index (χ1n) is 4.81. The zero-order chi connectivity index (χ0) is 10.4. The summed E-state index contributed by atoms with van der Waals surface area (Å²) in [5, 5.41) is 12.6. The molecule has 1 aromatic heterocycles. The predicted molar refractivity (Wildman–Crippen MR) is 57.5 cm³/mol. The van der Waals surface area contributed by atoms with Gasteiger partial charge in [-0.05, 0) is 19.8 Å². The summed E-state index contributed by atoms with van der Waals surface area (Å²) in [6, 6.07) is 0. The molecule has 0 fully saturated rings. The van der Waals surface area contributed by atoms with E-state index in [2.05, 4.69) is 4.98 Å². The zero-order valence-corrected chi connectivity index (χ0v) is 9.46. The van der Waals surface area contributed by atoms with Gasteiger partial charge in [0.15, 0.2) is 0 Å². The van der Waals surface area contributed by atoms with Gasteiger partial charge in [-0.15, -0.1) is 11.3 Å². The largest absolute Gasteiger partial charge is 0.393 e. The molecule has 1 aromatic rings. The Bertz CT molecular complexity index is 238. The third kappa shape index (κ3) is 4.17. The Labute approximate surface area is 88.8 Å². The van der Waals surface area contributed by atoms with Crippen LogP contribution in [0.3, 0.4) is 0 Å². The second-order valence-corrected chi connectivity index (χ2v) is 4.39. The van der Waals surface area contributed by atoms with Crippen molar-refractivity contribution in [2.24, 2.45) is 0 Å². The molecule has 0 radical (unpaired) electrons. The van der Waals surface area contributed by atoms with Gasteiger partial charge in [0, 0.05) is 25.1 Å². The molecule has 4 heteroatoms. The molecule has 2 atom stereocenters. The van der Waals surface area contributed by atoms with E-state index in [9.17, 15) is 5.11 Å². The van der Waals surface area contributed by atoms with Crippen molar-refractivity contribution in [3.8, 4) is 0 Å². The molecule has 0 saturated heterocycles. The number of hydrogen-bond donors (Lipinski definition) is 1. The molecule has 0 aliphatic carbocycles. The third-order valence-electron chi connectivity index (χ3n) is 2.20. The van der Waals surface area contributed by atoms with E-state index >= 15 is 0 Å². The fraction of sp³-hybridized carbons (Fsp3) is 0.700. The maximum absolute atomic E-state index is 9.68. The molecule has 0 spiro atoms. The van der Waals surface area contributed by atoms with Gasteiger partial charge in [-0.3, -0.25) is 0 Å². The van der Waals surface area contributed by atoms with Crippen LogP contribution >= 0.6 is 11.3 Å². The van der Waals surface area contributed by atoms with Crippen LogP contribution in [0.4, 0.5) is 0 Å². The minimum atomic E-state index is -0.293. The first kappa shape index (κ1) is 11.6. The van der Waals surface area contributed by atoms with E-state index in [1.54, 1.807) is 24.6 Å². The quantitative estimate of drug-likeness (QED) is 0.787. The van der Waals surface area contributed by atoms with Gasteiger partial charge < -0.3 is 9.84 Å². The molecule has 0 aliphatic rings. The summed E-state index contributed by atoms with van der Waals surface area (Å²) in [7, 11) is 1.69. The van der Waals surface area contributed by atoms with Crippen molar-refractivity contribution < 1.29 is 9.84 Å². The number of nitrogens with zero attached hydrogens (tertiary/aromatic N) is 1. The van der Waals surface area contributed by atoms with Gasteiger partial charge in [-0.25, -0.2) is 4.98 Å². The Morgan fingerprint density at radius 3 is 2.93 bits per heavy atom. The highest BCUT2D eigenvalue weighted by atomic mass is 32.1. The van der Waals surface area contributed by atoms with Gasteiger partial charge in [0.1, 0.15) is 0 Å². The summed E-state index contributed by atoms with van der Waals surface area (Å²) in [5.74, 6) is 0. The summed E-state index contributed by atoms with van der Waals surface area (Å²) in [6.07, 6.45) is 4.02. The fourth-order valence-electron chi connectivity index (χ4n) is 1.20. The summed E-state index contributed by atoms with van der Waals surface area (Å²) < 4.78 is 5.11. The summed E-state index contributed by atoms with van der Waals surface area (Å²) in [4.78, 5) is 4.13. The molecule has 0 aliphatic heterocycles. The molecule has 3 nitrogen and oxygen atoms in total. The first-order chi connectivity index (χ1) is 6.72. The maximum Gasteiger partial charge on any atom is 0.0950 e. The van der Waals surface area contributed by atoms with Crippen LogP contribution < -0.4 is 0 Å². The first-order valence-corrected chi connectivity index (χ1v) is 5.69. The van der Waals surface area contributed by atoms with Gasteiger partial charge in [-0.1, -0.05) is 0 Å². The molecule has 0 bridgehead atoms. The lowest BCUT2D eigenvalue weighted by Crippen LogP contribution is -2.14. The second kappa shape index (κ2) is 6.11. The van der Waals surface area contributed by atoms with Crippen LogP contribution in [0.15, 0.2) is 11.6 Å². The minimum absolute atomic E-state index is 0.223. The smallest absolute Gasteiger partial charge is 0.0950 e. The number of methoxy groups -OCH3 is 1. The van der Waals surface area contributed by atoms with Crippen LogP contribution in [-0.2, 0) is 11.2 Å². The van der Waals surface area contributed by atoms with Crippen LogP contribution in [0, 0.1) is 0 Å². The Kier molecular flexibility index (Phi) is 5.07. The average Bonchev–Trinajstić information content (AvgIpc) is 2.66. The third-order valence-corrected chi connectivity index (χ3v) is 3.00. The molecule has 2 unspecified atom stereocenters. The number of aliphatic hydroxyl groups excluding tert-OH is 1. The van der Waals surface area contributed by atoms with Crippen molar-refractivity contribution in [1.82, 2.24) is 4.98 Å². The van der Waals surface area contributed by atoms with Crippen molar-refractivity contribution >= 4 is 11.3 Å². The molecule has 14 heavy (non-hydrogen) atoms. The van der Waals surface area contributed by atoms with E-state index in [0.29, 0.717) is 6.42 Å². The minimum Gasteiger partial charge on any atom is -0.393 e. The Balaban J connectivity index is 2.19. The highest BCUT2D eigenvalue weighted by molar-refractivity contribution is 7.09. The molecule has 0 aromatic carbocycles. The van der Waals surface area contributed by atoms with Gasteiger partial charge >= 0.3 is 0 Å². The van der Waals surface area contributed by atoms with Gasteiger partial charge in [0.05, 0.1) is 17.2 Å². The fourth-order valence-corrected chi connectivity index (χ4v) is 1.89. The van der Waals surface area contributed by atoms with Crippen molar-refractivity contribution in [3.63, 3.8) is 0 Å². The van der Waals surface area contributed by atoms with E-state index in [-0.39, 0.29) is 12.2 Å². The van der Waals surface area contributed by atoms with E-state index in [4.69, 9.17) is 4.74 Å². The average molecular weight is 215 g/mol. The Morgan fingerprint density at radius 2 is 2.36 bits per heavy atom. The zero-order valence-electron chi connectivity index (χ0n) is 8.64. The van der Waals surface area contributed by atoms with Crippen molar-refractivity contribution in [1.29, 1.82) is 0 Å². The molecule has 1 heterocycles. The SMILES string of the molecule is COC(C)CCC(O)Cc1nccs1. The molecule has 80 valence electrons. The topological polar surface area (TPSA) is 42.4 Å². The molecule has 1 rings (SSSR count). The Hall–Kier alpha value is -0.450. The van der Waals surface area contributed by atoms with E-state index in [0.717, 1.165) is 17.8 Å². The molecule has 0 saturated carbocycles. The van der Waals surface area contributed by atoms with Crippen LogP contribution in [0.5, 0.6) is 0 Å². The number of ether oxygens (including phenoxy) is 1. The van der Waals surface area contributed by atoms with Crippen molar-refractivity contribution in [2.45, 2.75) is 38.4 Å². The summed E-state index contributed by atoms with van der Waals surface area (Å²) >= 11 is 1.59. The highest BCUT2D eigenvalue weighted by Crippen LogP contribution is 2.11. The molecular formula is C10H17NO2S. The molecule has 0 amide bonds. The maximum atomic E-state index is 9.68. The van der Waals surface area contributed by atoms with Gasteiger partial charge in [0.25, 0.3) is 0 Å². The number of thiazole rings is 1. The highest BCUT2D eigenvalue weighted by Gasteiger charge is 2.09. The second-order valence-electron chi connectivity index (χ2n) is 3.41. The number of aliphatic hydroxyl groups is 1. The summed E-state index contributed by atoms with van der Waals surface area (Å²) in [5.41, 5.74) is 0. The lowest BCUT2D eigenvalue weighted by atomic mass is 10.1. The van der Waals surface area contributed by atoms with Crippen molar-refractivity contribution in [2.75, 3.05) is 7.11 Å². The van der Waals surface area contributed by atoms with Crippen molar-refractivity contribution in [3.05, 3.63) is 16.6 Å². The lowest BCUT2D eigenvalue weighted by molar-refractivity contribution is 0.0851. The number of aromatic nitrogens is 1. The van der Waals surface area contributed by atoms with E-state index < -0.39 is 0 Å². The van der Waals surface area contributed by atoms with Crippen LogP contribution in [-0.4, -0.2) is 29.4 Å². The monoisotopic (exact) mass is 215 g/mol. The summed E-state index contributed by atoms with van der Waals surface area (Å²) in [6.45, 7) is 2.01. The number of hydrogen-bond acceptors (Lipinski definition) is 4.